The Hall–Kier alpha value is -1.14. The van der Waals surface area contributed by atoms with Crippen molar-refractivity contribution < 1.29 is 19.8 Å². The van der Waals surface area contributed by atoms with E-state index in [9.17, 15) is 19.8 Å². The Morgan fingerprint density at radius 1 is 0.433 bits per heavy atom. The summed E-state index contributed by atoms with van der Waals surface area (Å²) < 4.78 is 0. The summed E-state index contributed by atoms with van der Waals surface area (Å²) in [4.78, 5) is 23.9. The molecule has 2 amide bonds. The van der Waals surface area contributed by atoms with Crippen LogP contribution in [0.15, 0.2) is 0 Å². The van der Waals surface area contributed by atoms with Crippen molar-refractivity contribution in [3.05, 3.63) is 0 Å². The predicted molar refractivity (Wildman–Crippen MR) is 121 cm³/mol. The molecule has 0 saturated carbocycles. The Kier molecular flexibility index (Phi) is 16.7. The van der Waals surface area contributed by atoms with Gasteiger partial charge in [-0.15, -0.1) is 0 Å². The Morgan fingerprint density at radius 2 is 0.633 bits per heavy atom. The lowest BCUT2D eigenvalue weighted by Crippen LogP contribution is -2.49. The Bertz CT molecular complexity index is 405. The number of nitrogens with one attached hydrogen (secondary N) is 2. The van der Waals surface area contributed by atoms with Crippen molar-refractivity contribution in [1.82, 2.24) is 10.6 Å². The van der Waals surface area contributed by atoms with Crippen LogP contribution in [0.25, 0.3) is 0 Å². The van der Waals surface area contributed by atoms with E-state index in [1.165, 1.54) is 77.0 Å². The van der Waals surface area contributed by atoms with Gasteiger partial charge >= 0.3 is 0 Å². The van der Waals surface area contributed by atoms with Gasteiger partial charge in [0.2, 0.25) is 0 Å². The maximum Gasteiger partial charge on any atom is 0.252 e. The number of carbonyl (C=O) groups excluding carboxylic acids is 2. The molecule has 1 heterocycles. The van der Waals surface area contributed by atoms with Crippen molar-refractivity contribution in [3.63, 3.8) is 0 Å². The van der Waals surface area contributed by atoms with E-state index in [-0.39, 0.29) is 0 Å². The standard InChI is InChI=1S/C24H46N2O4/c27-21-22(28)24(30)26-20-18-16-14-12-10-8-6-4-2-1-3-5-7-9-11-13-15-17-19-25-23(21)29/h21-22,27-28H,1-20H2,(H,25,29)(H,26,30)/t21-,22-/m1/s1. The van der Waals surface area contributed by atoms with Crippen LogP contribution in [0.4, 0.5) is 0 Å². The molecule has 0 spiro atoms. The molecule has 0 aromatic heterocycles. The average Bonchev–Trinajstić information content (AvgIpc) is 2.75. The summed E-state index contributed by atoms with van der Waals surface area (Å²) >= 11 is 0. The summed E-state index contributed by atoms with van der Waals surface area (Å²) in [6.07, 6.45) is 18.5. The molecule has 0 unspecified atom stereocenters. The molecule has 30 heavy (non-hydrogen) atoms. The molecule has 176 valence electrons. The third-order valence-electron chi connectivity index (χ3n) is 6.04. The van der Waals surface area contributed by atoms with Crippen LogP contribution in [0, 0.1) is 0 Å². The summed E-state index contributed by atoms with van der Waals surface area (Å²) in [5, 5.41) is 25.0. The summed E-state index contributed by atoms with van der Waals surface area (Å²) in [5.74, 6) is -1.36. The predicted octanol–water partition coefficient (Wildman–Crippen LogP) is 3.98. The van der Waals surface area contributed by atoms with Crippen molar-refractivity contribution in [1.29, 1.82) is 0 Å². The van der Waals surface area contributed by atoms with Gasteiger partial charge in [-0.2, -0.15) is 0 Å². The van der Waals surface area contributed by atoms with Gasteiger partial charge in [0, 0.05) is 13.1 Å². The highest BCUT2D eigenvalue weighted by Crippen LogP contribution is 2.14. The number of hydrogen-bond acceptors (Lipinski definition) is 4. The largest absolute Gasteiger partial charge is 0.380 e. The topological polar surface area (TPSA) is 98.7 Å². The monoisotopic (exact) mass is 426 g/mol. The highest BCUT2D eigenvalue weighted by atomic mass is 16.3. The lowest BCUT2D eigenvalue weighted by molar-refractivity contribution is -0.146. The summed E-state index contributed by atoms with van der Waals surface area (Å²) in [5.41, 5.74) is 0. The molecule has 1 aliphatic heterocycles. The van der Waals surface area contributed by atoms with Crippen LogP contribution in [0.2, 0.25) is 0 Å². The fourth-order valence-corrected chi connectivity index (χ4v) is 4.00. The molecule has 4 N–H and O–H groups in total. The lowest BCUT2D eigenvalue weighted by Gasteiger charge is -2.17. The smallest absolute Gasteiger partial charge is 0.252 e. The summed E-state index contributed by atoms with van der Waals surface area (Å²) in [7, 11) is 0. The van der Waals surface area contributed by atoms with E-state index in [4.69, 9.17) is 0 Å². The third-order valence-corrected chi connectivity index (χ3v) is 6.04. The quantitative estimate of drug-likeness (QED) is 0.471. The van der Waals surface area contributed by atoms with Gasteiger partial charge in [0.25, 0.3) is 11.8 Å². The molecule has 0 aromatic carbocycles. The first-order valence-corrected chi connectivity index (χ1v) is 12.5. The molecule has 2 atom stereocenters. The van der Waals surface area contributed by atoms with Gasteiger partial charge in [-0.05, 0) is 12.8 Å². The molecular formula is C24H46N2O4. The second-order valence-electron chi connectivity index (χ2n) is 8.84. The zero-order valence-corrected chi connectivity index (χ0v) is 19.0. The number of rotatable bonds is 0. The minimum Gasteiger partial charge on any atom is -0.380 e. The molecule has 1 rings (SSSR count). The highest BCUT2D eigenvalue weighted by Gasteiger charge is 2.29. The third kappa shape index (κ3) is 14.0. The van der Waals surface area contributed by atoms with Crippen LogP contribution >= 0.6 is 0 Å². The van der Waals surface area contributed by atoms with E-state index >= 15 is 0 Å². The number of hydrogen-bond donors (Lipinski definition) is 4. The van der Waals surface area contributed by atoms with Crippen molar-refractivity contribution in [3.8, 4) is 0 Å². The molecular weight excluding hydrogens is 380 g/mol. The van der Waals surface area contributed by atoms with E-state index in [0.717, 1.165) is 38.5 Å². The second-order valence-corrected chi connectivity index (χ2v) is 8.84. The molecule has 0 radical (unpaired) electrons. The maximum atomic E-state index is 11.9. The fourth-order valence-electron chi connectivity index (χ4n) is 4.00. The van der Waals surface area contributed by atoms with Gasteiger partial charge in [-0.25, -0.2) is 0 Å². The molecule has 6 heteroatoms. The first kappa shape index (κ1) is 26.9. The van der Waals surface area contributed by atoms with Gasteiger partial charge in [-0.3, -0.25) is 9.59 Å². The number of aliphatic hydroxyl groups excluding tert-OH is 2. The van der Waals surface area contributed by atoms with Crippen LogP contribution in [-0.2, 0) is 9.59 Å². The molecule has 1 saturated heterocycles. The first-order chi connectivity index (χ1) is 14.6. The normalized spacial score (nSPS) is 27.0. The Morgan fingerprint density at radius 3 is 0.867 bits per heavy atom. The molecule has 1 aliphatic rings. The van der Waals surface area contributed by atoms with Crippen molar-refractivity contribution in [2.45, 2.75) is 128 Å². The van der Waals surface area contributed by atoms with Crippen molar-refractivity contribution >= 4 is 11.8 Å². The number of amides is 2. The first-order valence-electron chi connectivity index (χ1n) is 12.5. The molecule has 1 fully saturated rings. The van der Waals surface area contributed by atoms with E-state index in [1.807, 2.05) is 0 Å². The molecule has 0 aliphatic carbocycles. The highest BCUT2D eigenvalue weighted by molar-refractivity contribution is 5.90. The zero-order valence-electron chi connectivity index (χ0n) is 19.0. The Balaban J connectivity index is 2.30. The van der Waals surface area contributed by atoms with Crippen LogP contribution in [0.1, 0.15) is 116 Å². The minimum atomic E-state index is -1.72. The van der Waals surface area contributed by atoms with E-state index in [2.05, 4.69) is 10.6 Å². The van der Waals surface area contributed by atoms with Crippen molar-refractivity contribution in [2.75, 3.05) is 13.1 Å². The van der Waals surface area contributed by atoms with Crippen LogP contribution in [0.5, 0.6) is 0 Å². The summed E-state index contributed by atoms with van der Waals surface area (Å²) in [6, 6.07) is 0. The SMILES string of the molecule is O=C1NCCCCCCCCCCCCCCCCCCCCNC(=O)[C@H](O)[C@H]1O. The van der Waals surface area contributed by atoms with E-state index in [1.54, 1.807) is 0 Å². The van der Waals surface area contributed by atoms with Gasteiger partial charge in [0.15, 0.2) is 12.2 Å². The molecule has 0 aromatic rings. The fraction of sp³-hybridized carbons (Fsp3) is 0.917. The maximum absolute atomic E-state index is 11.9. The summed E-state index contributed by atoms with van der Waals surface area (Å²) in [6.45, 7) is 0.925. The van der Waals surface area contributed by atoms with Crippen LogP contribution in [-0.4, -0.2) is 47.3 Å². The van der Waals surface area contributed by atoms with Crippen LogP contribution < -0.4 is 10.6 Å². The number of aliphatic hydroxyl groups is 2. The zero-order chi connectivity index (χ0) is 21.9. The Labute approximate surface area is 183 Å². The van der Waals surface area contributed by atoms with Gasteiger partial charge in [0.1, 0.15) is 0 Å². The molecule has 6 nitrogen and oxygen atoms in total. The lowest BCUT2D eigenvalue weighted by atomic mass is 10.0. The van der Waals surface area contributed by atoms with E-state index < -0.39 is 24.0 Å². The van der Waals surface area contributed by atoms with Gasteiger partial charge < -0.3 is 20.8 Å². The number of carbonyl (C=O) groups is 2. The van der Waals surface area contributed by atoms with Crippen molar-refractivity contribution in [2.24, 2.45) is 0 Å². The second kappa shape index (κ2) is 18.6. The molecule has 0 bridgehead atoms. The average molecular weight is 427 g/mol. The van der Waals surface area contributed by atoms with E-state index in [0.29, 0.717) is 13.1 Å². The van der Waals surface area contributed by atoms with Gasteiger partial charge in [0.05, 0.1) is 0 Å². The van der Waals surface area contributed by atoms with Gasteiger partial charge in [-0.1, -0.05) is 103 Å². The van der Waals surface area contributed by atoms with Crippen LogP contribution in [0.3, 0.4) is 0 Å². The minimum absolute atomic E-state index is 0.463.